The van der Waals surface area contributed by atoms with Crippen molar-refractivity contribution in [1.29, 1.82) is 0 Å². The second-order valence-electron chi connectivity index (χ2n) is 7.60. The molecule has 1 aliphatic rings. The first kappa shape index (κ1) is 22.7. The number of aliphatic imine (C=N–C) groups is 1. The lowest BCUT2D eigenvalue weighted by Gasteiger charge is -2.20. The highest BCUT2D eigenvalue weighted by Crippen LogP contribution is 2.33. The summed E-state index contributed by atoms with van der Waals surface area (Å²) < 4.78 is 10.9. The standard InChI is InChI=1S/C26H27N3O3S/c1-31-23-15-18-12-13-27-22(20(18)16-24(23)32-2)14-17-8-10-19(11-9-17)28-26(30)29-21-6-4-5-7-25(21)33-3/h4-11,15-16H,12-14H2,1-3H3,(H2,28,29,30). The third kappa shape index (κ3) is 5.31. The number of ether oxygens (including phenoxy) is 2. The first-order chi connectivity index (χ1) is 16.1. The normalized spacial score (nSPS) is 12.4. The van der Waals surface area contributed by atoms with Crippen molar-refractivity contribution in [2.45, 2.75) is 17.7 Å². The minimum Gasteiger partial charge on any atom is -0.493 e. The van der Waals surface area contributed by atoms with Gasteiger partial charge in [0.05, 0.1) is 19.9 Å². The van der Waals surface area contributed by atoms with Crippen LogP contribution in [0, 0.1) is 0 Å². The predicted octanol–water partition coefficient (Wildman–Crippen LogP) is 5.66. The molecule has 7 heteroatoms. The quantitative estimate of drug-likeness (QED) is 0.446. The monoisotopic (exact) mass is 461 g/mol. The molecule has 170 valence electrons. The number of anilines is 2. The van der Waals surface area contributed by atoms with Crippen LogP contribution in [0.3, 0.4) is 0 Å². The summed E-state index contributed by atoms with van der Waals surface area (Å²) in [5.41, 5.74) is 6.00. The van der Waals surface area contributed by atoms with Crippen molar-refractivity contribution in [3.8, 4) is 11.5 Å². The summed E-state index contributed by atoms with van der Waals surface area (Å²) in [4.78, 5) is 18.2. The number of carbonyl (C=O) groups is 1. The molecule has 0 aromatic heterocycles. The molecule has 3 aromatic rings. The lowest BCUT2D eigenvalue weighted by Crippen LogP contribution is -2.19. The van der Waals surface area contributed by atoms with Gasteiger partial charge in [-0.15, -0.1) is 11.8 Å². The van der Waals surface area contributed by atoms with E-state index in [1.165, 1.54) is 5.56 Å². The zero-order valence-electron chi connectivity index (χ0n) is 19.0. The minimum absolute atomic E-state index is 0.268. The van der Waals surface area contributed by atoms with E-state index in [4.69, 9.17) is 14.5 Å². The molecule has 2 N–H and O–H groups in total. The van der Waals surface area contributed by atoms with Gasteiger partial charge in [0.25, 0.3) is 0 Å². The highest BCUT2D eigenvalue weighted by Gasteiger charge is 2.18. The van der Waals surface area contributed by atoms with Gasteiger partial charge in [-0.25, -0.2) is 4.79 Å². The molecule has 0 saturated heterocycles. The Kier molecular flexibility index (Phi) is 7.19. The van der Waals surface area contributed by atoms with Gasteiger partial charge in [-0.1, -0.05) is 24.3 Å². The number of fused-ring (bicyclic) bond motifs is 1. The molecule has 3 aromatic carbocycles. The van der Waals surface area contributed by atoms with Gasteiger partial charge in [0.1, 0.15) is 0 Å². The summed E-state index contributed by atoms with van der Waals surface area (Å²) in [6.45, 7) is 0.759. The Balaban J connectivity index is 1.43. The molecule has 6 nitrogen and oxygen atoms in total. The van der Waals surface area contributed by atoms with Gasteiger partial charge in [0.15, 0.2) is 11.5 Å². The molecule has 0 aliphatic carbocycles. The van der Waals surface area contributed by atoms with Crippen LogP contribution in [0.5, 0.6) is 11.5 Å². The number of nitrogens with zero attached hydrogens (tertiary/aromatic N) is 1. The van der Waals surface area contributed by atoms with Crippen molar-refractivity contribution < 1.29 is 14.3 Å². The first-order valence-corrected chi connectivity index (χ1v) is 11.9. The molecule has 0 atom stereocenters. The van der Waals surface area contributed by atoms with E-state index in [2.05, 4.69) is 10.6 Å². The average molecular weight is 462 g/mol. The topological polar surface area (TPSA) is 72.0 Å². The highest BCUT2D eigenvalue weighted by atomic mass is 32.2. The van der Waals surface area contributed by atoms with Gasteiger partial charge < -0.3 is 20.1 Å². The van der Waals surface area contributed by atoms with Crippen LogP contribution in [-0.4, -0.2) is 38.8 Å². The van der Waals surface area contributed by atoms with Crippen LogP contribution in [0.4, 0.5) is 16.2 Å². The number of rotatable bonds is 7. The van der Waals surface area contributed by atoms with Crippen LogP contribution in [0.1, 0.15) is 16.7 Å². The number of benzene rings is 3. The third-order valence-corrected chi connectivity index (χ3v) is 6.34. The number of nitrogens with one attached hydrogen (secondary N) is 2. The fourth-order valence-corrected chi connectivity index (χ4v) is 4.43. The van der Waals surface area contributed by atoms with Crippen LogP contribution in [-0.2, 0) is 12.8 Å². The largest absolute Gasteiger partial charge is 0.493 e. The fourth-order valence-electron chi connectivity index (χ4n) is 3.88. The molecule has 33 heavy (non-hydrogen) atoms. The van der Waals surface area contributed by atoms with Gasteiger partial charge in [0.2, 0.25) is 0 Å². The van der Waals surface area contributed by atoms with Crippen molar-refractivity contribution >= 4 is 34.9 Å². The Morgan fingerprint density at radius 2 is 1.73 bits per heavy atom. The Bertz CT molecular complexity index is 1180. The zero-order chi connectivity index (χ0) is 23.2. The van der Waals surface area contributed by atoms with Crippen molar-refractivity contribution in [1.82, 2.24) is 0 Å². The minimum atomic E-state index is -0.268. The van der Waals surface area contributed by atoms with E-state index in [0.29, 0.717) is 12.2 Å². The van der Waals surface area contributed by atoms with Crippen molar-refractivity contribution in [2.24, 2.45) is 4.99 Å². The number of methoxy groups -OCH3 is 2. The SMILES string of the molecule is COc1cc2c(cc1OC)C(Cc1ccc(NC(=O)Nc3ccccc3SC)cc1)=NCC2. The smallest absolute Gasteiger partial charge is 0.323 e. The summed E-state index contributed by atoms with van der Waals surface area (Å²) in [5, 5.41) is 5.81. The molecule has 4 rings (SSSR count). The number of amides is 2. The van der Waals surface area contributed by atoms with E-state index >= 15 is 0 Å². The summed E-state index contributed by atoms with van der Waals surface area (Å²) in [6.07, 6.45) is 3.58. The van der Waals surface area contributed by atoms with Gasteiger partial charge in [-0.05, 0) is 60.2 Å². The molecular weight excluding hydrogens is 434 g/mol. The van der Waals surface area contributed by atoms with Crippen molar-refractivity contribution in [3.05, 3.63) is 77.4 Å². The number of hydrogen-bond donors (Lipinski definition) is 2. The molecule has 0 saturated carbocycles. The van der Waals surface area contributed by atoms with E-state index in [0.717, 1.165) is 51.8 Å². The molecule has 0 bridgehead atoms. The van der Waals surface area contributed by atoms with Crippen LogP contribution in [0.15, 0.2) is 70.6 Å². The molecular formula is C26H27N3O3S. The maximum Gasteiger partial charge on any atom is 0.323 e. The van der Waals surface area contributed by atoms with Gasteiger partial charge in [-0.2, -0.15) is 0 Å². The molecule has 0 fully saturated rings. The predicted molar refractivity (Wildman–Crippen MR) is 136 cm³/mol. The van der Waals surface area contributed by atoms with Gasteiger partial charge >= 0.3 is 6.03 Å². The van der Waals surface area contributed by atoms with Crippen LogP contribution in [0.2, 0.25) is 0 Å². The number of urea groups is 1. The van der Waals surface area contributed by atoms with E-state index in [9.17, 15) is 4.79 Å². The molecule has 1 heterocycles. The Morgan fingerprint density at radius 1 is 1.00 bits per heavy atom. The summed E-state index contributed by atoms with van der Waals surface area (Å²) in [7, 11) is 3.30. The third-order valence-electron chi connectivity index (χ3n) is 5.54. The van der Waals surface area contributed by atoms with Crippen LogP contribution in [0.25, 0.3) is 0 Å². The van der Waals surface area contributed by atoms with Crippen LogP contribution >= 0.6 is 11.8 Å². The number of para-hydroxylation sites is 1. The van der Waals surface area contributed by atoms with Gasteiger partial charge in [0, 0.05) is 34.8 Å². The summed E-state index contributed by atoms with van der Waals surface area (Å²) in [6, 6.07) is 19.4. The van der Waals surface area contributed by atoms with E-state index in [-0.39, 0.29) is 6.03 Å². The second kappa shape index (κ2) is 10.4. The molecule has 0 spiro atoms. The Labute approximate surface area is 198 Å². The summed E-state index contributed by atoms with van der Waals surface area (Å²) in [5.74, 6) is 1.45. The lowest BCUT2D eigenvalue weighted by molar-refractivity contribution is 0.262. The van der Waals surface area contributed by atoms with E-state index in [1.807, 2.05) is 66.9 Å². The van der Waals surface area contributed by atoms with E-state index in [1.54, 1.807) is 26.0 Å². The fraction of sp³-hybridized carbons (Fsp3) is 0.231. The molecule has 2 amide bonds. The van der Waals surface area contributed by atoms with Crippen molar-refractivity contribution in [2.75, 3.05) is 37.7 Å². The van der Waals surface area contributed by atoms with Gasteiger partial charge in [-0.3, -0.25) is 4.99 Å². The highest BCUT2D eigenvalue weighted by molar-refractivity contribution is 7.98. The first-order valence-electron chi connectivity index (χ1n) is 10.7. The zero-order valence-corrected chi connectivity index (χ0v) is 19.8. The Hall–Kier alpha value is -3.45. The summed E-state index contributed by atoms with van der Waals surface area (Å²) >= 11 is 1.59. The van der Waals surface area contributed by atoms with Crippen molar-refractivity contribution in [3.63, 3.8) is 0 Å². The Morgan fingerprint density at radius 3 is 2.45 bits per heavy atom. The maximum atomic E-state index is 12.4. The number of carbonyl (C=O) groups excluding carboxylic acids is 1. The molecule has 0 radical (unpaired) electrons. The lowest BCUT2D eigenvalue weighted by atomic mass is 9.93. The number of thioether (sulfide) groups is 1. The molecule has 0 unspecified atom stereocenters. The molecule has 1 aliphatic heterocycles. The second-order valence-corrected chi connectivity index (χ2v) is 8.44. The maximum absolute atomic E-state index is 12.4. The van der Waals surface area contributed by atoms with E-state index < -0.39 is 0 Å². The van der Waals surface area contributed by atoms with Crippen LogP contribution < -0.4 is 20.1 Å². The average Bonchev–Trinajstić information content (AvgIpc) is 2.84. The number of hydrogen-bond acceptors (Lipinski definition) is 5.